The Bertz CT molecular complexity index is 1400. The van der Waals surface area contributed by atoms with Crippen LogP contribution in [0.3, 0.4) is 0 Å². The Balaban J connectivity index is 1.61. The predicted octanol–water partition coefficient (Wildman–Crippen LogP) is 8.50. The molecule has 33 heavy (non-hydrogen) atoms. The maximum atomic E-state index is 3.97. The van der Waals surface area contributed by atoms with Crippen LogP contribution in [0.5, 0.6) is 0 Å². The lowest BCUT2D eigenvalue weighted by Crippen LogP contribution is -2.35. The highest BCUT2D eigenvalue weighted by atomic mass is 79.9. The fraction of sp³-hybridized carbons (Fsp3) is 0.188. The zero-order valence-electron chi connectivity index (χ0n) is 18.6. The number of halogens is 1. The molecule has 0 N–H and O–H groups in total. The molecule has 0 nitrogen and oxygen atoms in total. The Morgan fingerprint density at radius 3 is 2.21 bits per heavy atom. The summed E-state index contributed by atoms with van der Waals surface area (Å²) in [5.74, 6) is 0. The Morgan fingerprint density at radius 2 is 1.48 bits per heavy atom. The normalized spacial score (nSPS) is 19.4. The van der Waals surface area contributed by atoms with Crippen LogP contribution in [-0.2, 0) is 11.8 Å². The van der Waals surface area contributed by atoms with E-state index in [0.29, 0.717) is 0 Å². The fourth-order valence-corrected chi connectivity index (χ4v) is 7.35. The van der Waals surface area contributed by atoms with Gasteiger partial charge < -0.3 is 0 Å². The highest BCUT2D eigenvalue weighted by Crippen LogP contribution is 2.62. The van der Waals surface area contributed by atoms with E-state index < -0.39 is 0 Å². The van der Waals surface area contributed by atoms with Gasteiger partial charge in [-0.05, 0) is 93.8 Å². The van der Waals surface area contributed by atoms with Gasteiger partial charge in [0.05, 0.1) is 5.41 Å². The lowest BCUT2D eigenvalue weighted by molar-refractivity contribution is 0.665. The Kier molecular flexibility index (Phi) is 4.33. The number of fused-ring (bicyclic) bond motifs is 8. The van der Waals surface area contributed by atoms with Crippen molar-refractivity contribution in [3.63, 3.8) is 0 Å². The molecule has 1 spiro atoms. The third kappa shape index (κ3) is 2.63. The smallest absolute Gasteiger partial charge is 0.0682 e. The average molecular weight is 489 g/mol. The van der Waals surface area contributed by atoms with Gasteiger partial charge in [-0.15, -0.1) is 0 Å². The lowest BCUT2D eigenvalue weighted by atomic mass is 9.60. The molecule has 0 bridgehead atoms. The van der Waals surface area contributed by atoms with E-state index in [1.165, 1.54) is 54.6 Å². The van der Waals surface area contributed by atoms with Gasteiger partial charge in [-0.3, -0.25) is 0 Å². The molecule has 3 aromatic rings. The van der Waals surface area contributed by atoms with Crippen molar-refractivity contribution in [1.29, 1.82) is 0 Å². The molecular weight excluding hydrogens is 464 g/mol. The molecule has 4 aliphatic carbocycles. The van der Waals surface area contributed by atoms with Crippen LogP contribution in [0.4, 0.5) is 0 Å². The summed E-state index contributed by atoms with van der Waals surface area (Å²) in [5, 5.41) is 0. The zero-order chi connectivity index (χ0) is 22.0. The minimum Gasteiger partial charge on any atom is -0.0836 e. The predicted molar refractivity (Wildman–Crippen MR) is 142 cm³/mol. The van der Waals surface area contributed by atoms with Crippen LogP contribution in [-0.4, -0.2) is 0 Å². The van der Waals surface area contributed by atoms with Crippen LogP contribution in [0, 0.1) is 0 Å². The van der Waals surface area contributed by atoms with Gasteiger partial charge >= 0.3 is 0 Å². The third-order valence-corrected chi connectivity index (χ3v) is 8.68. The Labute approximate surface area is 204 Å². The summed E-state index contributed by atoms with van der Waals surface area (Å²) in [6.07, 6.45) is 14.8. The van der Waals surface area contributed by atoms with E-state index in [0.717, 1.165) is 32.1 Å². The van der Waals surface area contributed by atoms with E-state index in [-0.39, 0.29) is 5.41 Å². The topological polar surface area (TPSA) is 0 Å². The molecule has 0 heterocycles. The summed E-state index contributed by atoms with van der Waals surface area (Å²) < 4.78 is 1.26. The van der Waals surface area contributed by atoms with Crippen molar-refractivity contribution in [2.75, 3.05) is 0 Å². The second-order valence-corrected chi connectivity index (χ2v) is 10.4. The van der Waals surface area contributed by atoms with E-state index in [1.807, 2.05) is 0 Å². The number of rotatable bonds is 1. The van der Waals surface area contributed by atoms with Crippen molar-refractivity contribution in [3.8, 4) is 0 Å². The maximum Gasteiger partial charge on any atom is 0.0682 e. The van der Waals surface area contributed by atoms with E-state index >= 15 is 0 Å². The second kappa shape index (κ2) is 7.30. The highest BCUT2D eigenvalue weighted by molar-refractivity contribution is 9.12. The standard InChI is InChI=1S/C32H25Br/c33-30-16-8-15-28-31(30)25-18-17-22(21-9-2-1-3-10-21)20-29(25)32(28)26-13-6-4-11-23(26)19-24-12-5-7-14-27(24)32/h2,4-7,9-14,16-18,20H,1,3,8,15,19H2. The molecule has 0 saturated carbocycles. The first-order valence-corrected chi connectivity index (χ1v) is 12.9. The van der Waals surface area contributed by atoms with Gasteiger partial charge in [0.25, 0.3) is 0 Å². The Hall–Kier alpha value is -2.90. The molecule has 0 fully saturated rings. The monoisotopic (exact) mass is 488 g/mol. The molecule has 3 aromatic carbocycles. The van der Waals surface area contributed by atoms with Crippen LogP contribution in [0.25, 0.3) is 11.1 Å². The van der Waals surface area contributed by atoms with Gasteiger partial charge in [-0.25, -0.2) is 0 Å². The molecule has 0 aromatic heterocycles. The molecule has 0 saturated heterocycles. The lowest BCUT2D eigenvalue weighted by Gasteiger charge is -2.42. The fourth-order valence-electron chi connectivity index (χ4n) is 6.67. The van der Waals surface area contributed by atoms with Crippen molar-refractivity contribution in [1.82, 2.24) is 0 Å². The summed E-state index contributed by atoms with van der Waals surface area (Å²) in [5.41, 5.74) is 14.2. The van der Waals surface area contributed by atoms with E-state index in [9.17, 15) is 0 Å². The van der Waals surface area contributed by atoms with Crippen molar-refractivity contribution >= 4 is 27.1 Å². The molecular formula is C32H25Br. The molecule has 0 radical (unpaired) electrons. The van der Waals surface area contributed by atoms with E-state index in [1.54, 1.807) is 5.57 Å². The molecule has 160 valence electrons. The van der Waals surface area contributed by atoms with Crippen LogP contribution in [0.1, 0.15) is 64.6 Å². The van der Waals surface area contributed by atoms with E-state index in [4.69, 9.17) is 0 Å². The SMILES string of the molecule is BrC1=CCCC2=C1c1ccc(C3=CCCC=C3)cc1C21c2ccccc2Cc2ccccc21. The van der Waals surface area contributed by atoms with Crippen LogP contribution >= 0.6 is 15.9 Å². The van der Waals surface area contributed by atoms with Gasteiger partial charge in [0, 0.05) is 4.48 Å². The van der Waals surface area contributed by atoms with Crippen molar-refractivity contribution in [2.45, 2.75) is 37.5 Å². The quantitative estimate of drug-likeness (QED) is 0.322. The Morgan fingerprint density at radius 1 is 0.727 bits per heavy atom. The molecule has 0 aliphatic heterocycles. The number of benzene rings is 3. The van der Waals surface area contributed by atoms with Crippen LogP contribution in [0.15, 0.2) is 101 Å². The van der Waals surface area contributed by atoms with Gasteiger partial charge in [0.1, 0.15) is 0 Å². The zero-order valence-corrected chi connectivity index (χ0v) is 20.2. The molecule has 0 unspecified atom stereocenters. The summed E-state index contributed by atoms with van der Waals surface area (Å²) in [7, 11) is 0. The number of allylic oxidation sites excluding steroid dienone is 8. The highest BCUT2D eigenvalue weighted by Gasteiger charge is 2.51. The molecule has 0 amide bonds. The minimum atomic E-state index is -0.210. The van der Waals surface area contributed by atoms with Crippen molar-refractivity contribution in [3.05, 3.63) is 140 Å². The molecule has 0 atom stereocenters. The maximum absolute atomic E-state index is 3.97. The minimum absolute atomic E-state index is 0.210. The van der Waals surface area contributed by atoms with Crippen LogP contribution in [0.2, 0.25) is 0 Å². The van der Waals surface area contributed by atoms with Gasteiger partial charge in [-0.1, -0.05) is 101 Å². The summed E-state index contributed by atoms with van der Waals surface area (Å²) in [6, 6.07) is 25.6. The van der Waals surface area contributed by atoms with Gasteiger partial charge in [0.2, 0.25) is 0 Å². The first-order valence-electron chi connectivity index (χ1n) is 12.1. The molecule has 4 aliphatic rings. The van der Waals surface area contributed by atoms with Gasteiger partial charge in [-0.2, -0.15) is 0 Å². The number of hydrogen-bond donors (Lipinski definition) is 0. The first kappa shape index (κ1) is 19.6. The van der Waals surface area contributed by atoms with Crippen molar-refractivity contribution in [2.24, 2.45) is 0 Å². The molecule has 7 rings (SSSR count). The first-order chi connectivity index (χ1) is 16.3. The summed E-state index contributed by atoms with van der Waals surface area (Å²) >= 11 is 3.97. The average Bonchev–Trinajstić information content (AvgIpc) is 3.16. The summed E-state index contributed by atoms with van der Waals surface area (Å²) in [4.78, 5) is 0. The van der Waals surface area contributed by atoms with Crippen molar-refractivity contribution < 1.29 is 0 Å². The molecule has 1 heteroatoms. The largest absolute Gasteiger partial charge is 0.0836 e. The number of hydrogen-bond acceptors (Lipinski definition) is 0. The van der Waals surface area contributed by atoms with Gasteiger partial charge in [0.15, 0.2) is 0 Å². The van der Waals surface area contributed by atoms with E-state index in [2.05, 4.69) is 107 Å². The third-order valence-electron chi connectivity index (χ3n) is 7.96. The van der Waals surface area contributed by atoms with Crippen LogP contribution < -0.4 is 0 Å². The second-order valence-electron chi connectivity index (χ2n) is 9.58. The summed E-state index contributed by atoms with van der Waals surface area (Å²) in [6.45, 7) is 0.